The number of carbonyl (C=O) groups excluding carboxylic acids is 2. The molecule has 3 fully saturated rings. The molecule has 2 amide bonds. The lowest BCUT2D eigenvalue weighted by Gasteiger charge is -2.47. The third kappa shape index (κ3) is 4.18. The van der Waals surface area contributed by atoms with Gasteiger partial charge in [-0.25, -0.2) is 0 Å². The SMILES string of the molecule is Cl.NCCN1C(=O)CC[C@H]2CN(C(=O)CC3CCCC3)CC[C@H]21. The van der Waals surface area contributed by atoms with Crippen LogP contribution in [0.25, 0.3) is 0 Å². The van der Waals surface area contributed by atoms with E-state index in [1.54, 1.807) is 0 Å². The molecule has 0 aromatic heterocycles. The van der Waals surface area contributed by atoms with Crippen molar-refractivity contribution in [3.8, 4) is 0 Å². The Balaban J connectivity index is 0.00000192. The van der Waals surface area contributed by atoms with Gasteiger partial charge in [0.15, 0.2) is 0 Å². The van der Waals surface area contributed by atoms with Crippen molar-refractivity contribution in [3.63, 3.8) is 0 Å². The molecule has 2 saturated heterocycles. The average Bonchev–Trinajstić information content (AvgIpc) is 3.02. The van der Waals surface area contributed by atoms with E-state index >= 15 is 0 Å². The van der Waals surface area contributed by atoms with Crippen LogP contribution in [0.3, 0.4) is 0 Å². The van der Waals surface area contributed by atoms with Gasteiger partial charge in [-0.15, -0.1) is 12.4 Å². The van der Waals surface area contributed by atoms with Crippen molar-refractivity contribution in [1.82, 2.24) is 9.80 Å². The maximum Gasteiger partial charge on any atom is 0.222 e. The van der Waals surface area contributed by atoms with Crippen LogP contribution >= 0.6 is 12.4 Å². The highest BCUT2D eigenvalue weighted by atomic mass is 35.5. The molecule has 0 spiro atoms. The molecule has 6 heteroatoms. The third-order valence-corrected chi connectivity index (χ3v) is 5.80. The van der Waals surface area contributed by atoms with Crippen molar-refractivity contribution in [3.05, 3.63) is 0 Å². The van der Waals surface area contributed by atoms with Gasteiger partial charge >= 0.3 is 0 Å². The van der Waals surface area contributed by atoms with Crippen molar-refractivity contribution < 1.29 is 9.59 Å². The minimum Gasteiger partial charge on any atom is -0.342 e. The zero-order valence-corrected chi connectivity index (χ0v) is 14.7. The van der Waals surface area contributed by atoms with Crippen LogP contribution in [0.1, 0.15) is 51.4 Å². The van der Waals surface area contributed by atoms with E-state index in [1.165, 1.54) is 25.7 Å². The van der Waals surface area contributed by atoms with Crippen molar-refractivity contribution in [2.24, 2.45) is 17.6 Å². The van der Waals surface area contributed by atoms with Crippen LogP contribution in [0.4, 0.5) is 0 Å². The lowest BCUT2D eigenvalue weighted by molar-refractivity contribution is -0.144. The normalized spacial score (nSPS) is 28.5. The molecule has 1 saturated carbocycles. The monoisotopic (exact) mass is 343 g/mol. The second-order valence-corrected chi connectivity index (χ2v) is 7.22. The molecule has 132 valence electrons. The second-order valence-electron chi connectivity index (χ2n) is 7.22. The van der Waals surface area contributed by atoms with E-state index in [9.17, 15) is 9.59 Å². The Labute approximate surface area is 145 Å². The minimum atomic E-state index is 0. The van der Waals surface area contributed by atoms with Gasteiger partial charge in [0, 0.05) is 45.1 Å². The van der Waals surface area contributed by atoms with Crippen LogP contribution in [0.2, 0.25) is 0 Å². The summed E-state index contributed by atoms with van der Waals surface area (Å²) in [5, 5.41) is 0. The summed E-state index contributed by atoms with van der Waals surface area (Å²) in [4.78, 5) is 28.6. The Morgan fingerprint density at radius 1 is 1.17 bits per heavy atom. The van der Waals surface area contributed by atoms with Gasteiger partial charge in [0.2, 0.25) is 11.8 Å². The summed E-state index contributed by atoms with van der Waals surface area (Å²) in [7, 11) is 0. The predicted octanol–water partition coefficient (Wildman–Crippen LogP) is 1.79. The number of amides is 2. The summed E-state index contributed by atoms with van der Waals surface area (Å²) in [6, 6.07) is 0.306. The number of halogens is 1. The summed E-state index contributed by atoms with van der Waals surface area (Å²) >= 11 is 0. The van der Waals surface area contributed by atoms with E-state index in [4.69, 9.17) is 5.73 Å². The van der Waals surface area contributed by atoms with Crippen molar-refractivity contribution in [2.45, 2.75) is 57.4 Å². The van der Waals surface area contributed by atoms with E-state index in [1.807, 2.05) is 4.90 Å². The van der Waals surface area contributed by atoms with Gasteiger partial charge in [-0.05, 0) is 37.5 Å². The summed E-state index contributed by atoms with van der Waals surface area (Å²) in [5.74, 6) is 1.66. The van der Waals surface area contributed by atoms with Gasteiger partial charge in [0.05, 0.1) is 0 Å². The van der Waals surface area contributed by atoms with Crippen LogP contribution in [0.5, 0.6) is 0 Å². The standard InChI is InChI=1S/C17H29N3O2.ClH/c18-8-10-20-15-7-9-19(12-14(15)5-6-16(20)21)17(22)11-13-3-1-2-4-13;/h13-15H,1-12,18H2;1H/t14-,15+;/m0./s1. The van der Waals surface area contributed by atoms with Crippen molar-refractivity contribution in [2.75, 3.05) is 26.2 Å². The first kappa shape index (κ1) is 18.5. The number of rotatable bonds is 4. The Morgan fingerprint density at radius 2 is 1.91 bits per heavy atom. The summed E-state index contributed by atoms with van der Waals surface area (Å²) in [6.07, 6.45) is 8.24. The van der Waals surface area contributed by atoms with Gasteiger partial charge in [0.25, 0.3) is 0 Å². The number of piperidine rings is 2. The van der Waals surface area contributed by atoms with E-state index in [2.05, 4.69) is 4.90 Å². The Bertz CT molecular complexity index is 426. The summed E-state index contributed by atoms with van der Waals surface area (Å²) in [6.45, 7) is 2.83. The second kappa shape index (κ2) is 8.34. The smallest absolute Gasteiger partial charge is 0.222 e. The highest BCUT2D eigenvalue weighted by Crippen LogP contribution is 2.33. The highest BCUT2D eigenvalue weighted by Gasteiger charge is 2.40. The van der Waals surface area contributed by atoms with Crippen LogP contribution in [0, 0.1) is 11.8 Å². The number of carbonyl (C=O) groups is 2. The van der Waals surface area contributed by atoms with Crippen molar-refractivity contribution >= 4 is 24.2 Å². The molecule has 3 rings (SSSR count). The third-order valence-electron chi connectivity index (χ3n) is 5.80. The Kier molecular flexibility index (Phi) is 6.72. The lowest BCUT2D eigenvalue weighted by Crippen LogP contribution is -2.57. The minimum absolute atomic E-state index is 0. The average molecular weight is 344 g/mol. The molecule has 2 aliphatic heterocycles. The van der Waals surface area contributed by atoms with Crippen LogP contribution in [-0.2, 0) is 9.59 Å². The summed E-state index contributed by atoms with van der Waals surface area (Å²) < 4.78 is 0. The van der Waals surface area contributed by atoms with E-state index < -0.39 is 0 Å². The van der Waals surface area contributed by atoms with E-state index in [-0.39, 0.29) is 18.3 Å². The Morgan fingerprint density at radius 3 is 2.61 bits per heavy atom. The molecule has 2 atom stereocenters. The van der Waals surface area contributed by atoms with Crippen LogP contribution in [-0.4, -0.2) is 53.8 Å². The maximum atomic E-state index is 12.5. The number of hydrogen-bond donors (Lipinski definition) is 1. The maximum absolute atomic E-state index is 12.5. The fraction of sp³-hybridized carbons (Fsp3) is 0.882. The fourth-order valence-electron chi connectivity index (χ4n) is 4.60. The fourth-order valence-corrected chi connectivity index (χ4v) is 4.60. The number of likely N-dealkylation sites (tertiary alicyclic amines) is 2. The number of hydrogen-bond acceptors (Lipinski definition) is 3. The zero-order chi connectivity index (χ0) is 15.5. The highest BCUT2D eigenvalue weighted by molar-refractivity contribution is 5.85. The molecular formula is C17H30ClN3O2. The molecule has 0 aromatic rings. The van der Waals surface area contributed by atoms with Gasteiger partial charge in [0.1, 0.15) is 0 Å². The van der Waals surface area contributed by atoms with E-state index in [0.29, 0.717) is 43.3 Å². The molecular weight excluding hydrogens is 314 g/mol. The van der Waals surface area contributed by atoms with Gasteiger partial charge in [-0.2, -0.15) is 0 Å². The first-order chi connectivity index (χ1) is 10.7. The molecule has 2 N–H and O–H groups in total. The molecule has 0 aromatic carbocycles. The number of fused-ring (bicyclic) bond motifs is 1. The first-order valence-corrected chi connectivity index (χ1v) is 8.96. The lowest BCUT2D eigenvalue weighted by atomic mass is 9.83. The Hall–Kier alpha value is -0.810. The first-order valence-electron chi connectivity index (χ1n) is 8.96. The predicted molar refractivity (Wildman–Crippen MR) is 92.3 cm³/mol. The quantitative estimate of drug-likeness (QED) is 0.846. The number of nitrogens with zero attached hydrogens (tertiary/aromatic N) is 2. The largest absolute Gasteiger partial charge is 0.342 e. The molecule has 5 nitrogen and oxygen atoms in total. The van der Waals surface area contributed by atoms with Crippen molar-refractivity contribution in [1.29, 1.82) is 0 Å². The molecule has 23 heavy (non-hydrogen) atoms. The van der Waals surface area contributed by atoms with Gasteiger partial charge in [-0.3, -0.25) is 9.59 Å². The van der Waals surface area contributed by atoms with E-state index in [0.717, 1.165) is 32.4 Å². The number of nitrogens with two attached hydrogens (primary N) is 1. The topological polar surface area (TPSA) is 66.6 Å². The van der Waals surface area contributed by atoms with Crippen LogP contribution in [0.15, 0.2) is 0 Å². The summed E-state index contributed by atoms with van der Waals surface area (Å²) in [5.41, 5.74) is 5.65. The molecule has 3 aliphatic rings. The van der Waals surface area contributed by atoms with Gasteiger partial charge in [-0.1, -0.05) is 12.8 Å². The molecule has 2 heterocycles. The molecule has 0 bridgehead atoms. The zero-order valence-electron chi connectivity index (χ0n) is 13.9. The molecule has 0 radical (unpaired) electrons. The molecule has 1 aliphatic carbocycles. The van der Waals surface area contributed by atoms with Crippen LogP contribution < -0.4 is 5.73 Å². The molecule has 0 unspecified atom stereocenters. The van der Waals surface area contributed by atoms with Gasteiger partial charge < -0.3 is 15.5 Å².